The predicted octanol–water partition coefficient (Wildman–Crippen LogP) is 2.84. The SMILES string of the molecule is CCC(C)(C)OC(=O)NC(C(=O)N[C@@H](C)C(=O)N1CCC[C@@H](C(=O)OCC(Cl)(Cl)Cl)N1)C(C)C. The molecule has 1 fully saturated rings. The summed E-state index contributed by atoms with van der Waals surface area (Å²) in [5.74, 6) is -1.90. The Morgan fingerprint density at radius 2 is 1.74 bits per heavy atom. The molecule has 1 rings (SSSR count). The number of rotatable bonds is 9. The van der Waals surface area contributed by atoms with Crippen molar-refractivity contribution in [2.75, 3.05) is 13.2 Å². The molecule has 10 nitrogen and oxygen atoms in total. The monoisotopic (exact) mass is 544 g/mol. The lowest BCUT2D eigenvalue weighted by Crippen LogP contribution is -2.61. The molecule has 0 radical (unpaired) electrons. The molecule has 1 heterocycles. The molecule has 34 heavy (non-hydrogen) atoms. The van der Waals surface area contributed by atoms with Crippen LogP contribution in [-0.4, -0.2) is 69.6 Å². The second kappa shape index (κ2) is 13.0. The van der Waals surface area contributed by atoms with Gasteiger partial charge >= 0.3 is 12.1 Å². The van der Waals surface area contributed by atoms with Crippen LogP contribution >= 0.6 is 34.8 Å². The molecule has 1 aliphatic heterocycles. The molecule has 0 saturated carbocycles. The first-order valence-electron chi connectivity index (χ1n) is 11.2. The normalized spacial score (nSPS) is 18.6. The molecular formula is C21H35Cl3N4O6. The maximum atomic E-state index is 12.9. The number of ether oxygens (including phenoxy) is 2. The van der Waals surface area contributed by atoms with Crippen LogP contribution in [0.5, 0.6) is 0 Å². The van der Waals surface area contributed by atoms with E-state index in [2.05, 4.69) is 16.1 Å². The molecule has 3 N–H and O–H groups in total. The Morgan fingerprint density at radius 3 is 2.26 bits per heavy atom. The highest BCUT2D eigenvalue weighted by atomic mass is 35.6. The van der Waals surface area contributed by atoms with Gasteiger partial charge < -0.3 is 20.1 Å². The molecule has 0 aliphatic carbocycles. The fourth-order valence-corrected chi connectivity index (χ4v) is 3.15. The van der Waals surface area contributed by atoms with Gasteiger partial charge in [0.05, 0.1) is 0 Å². The van der Waals surface area contributed by atoms with Gasteiger partial charge in [0, 0.05) is 6.54 Å². The predicted molar refractivity (Wildman–Crippen MR) is 129 cm³/mol. The quantitative estimate of drug-likeness (QED) is 0.300. The van der Waals surface area contributed by atoms with Crippen LogP contribution in [-0.2, 0) is 23.9 Å². The van der Waals surface area contributed by atoms with Gasteiger partial charge in [0.15, 0.2) is 0 Å². The number of carbonyl (C=O) groups excluding carboxylic acids is 4. The Bertz CT molecular complexity index is 745. The van der Waals surface area contributed by atoms with Gasteiger partial charge in [0.25, 0.3) is 5.91 Å². The molecule has 0 spiro atoms. The number of amides is 3. The number of hydrogen-bond acceptors (Lipinski definition) is 7. The second-order valence-electron chi connectivity index (χ2n) is 9.14. The van der Waals surface area contributed by atoms with Crippen molar-refractivity contribution in [3.63, 3.8) is 0 Å². The van der Waals surface area contributed by atoms with Gasteiger partial charge in [-0.1, -0.05) is 55.6 Å². The van der Waals surface area contributed by atoms with Crippen LogP contribution in [0.2, 0.25) is 0 Å². The summed E-state index contributed by atoms with van der Waals surface area (Å²) in [4.78, 5) is 50.2. The second-order valence-corrected chi connectivity index (χ2v) is 11.7. The van der Waals surface area contributed by atoms with Gasteiger partial charge in [-0.15, -0.1) is 0 Å². The lowest BCUT2D eigenvalue weighted by atomic mass is 10.0. The van der Waals surface area contributed by atoms with Crippen molar-refractivity contribution in [2.24, 2.45) is 5.92 Å². The number of hydrazine groups is 1. The van der Waals surface area contributed by atoms with Gasteiger partial charge in [-0.25, -0.2) is 10.2 Å². The average molecular weight is 546 g/mol. The zero-order chi connectivity index (χ0) is 26.3. The lowest BCUT2D eigenvalue weighted by Gasteiger charge is -2.34. The molecule has 0 aromatic heterocycles. The summed E-state index contributed by atoms with van der Waals surface area (Å²) in [5, 5.41) is 6.45. The Labute approximate surface area is 215 Å². The Balaban J connectivity index is 2.70. The zero-order valence-electron chi connectivity index (χ0n) is 20.4. The van der Waals surface area contributed by atoms with Crippen LogP contribution < -0.4 is 16.1 Å². The van der Waals surface area contributed by atoms with Crippen molar-refractivity contribution < 1.29 is 28.7 Å². The van der Waals surface area contributed by atoms with Crippen molar-refractivity contribution >= 4 is 58.7 Å². The van der Waals surface area contributed by atoms with E-state index in [1.807, 2.05) is 6.92 Å². The van der Waals surface area contributed by atoms with Gasteiger partial charge in [-0.05, 0) is 46.0 Å². The first-order valence-corrected chi connectivity index (χ1v) is 12.3. The number of hydrogen-bond donors (Lipinski definition) is 3. The minimum absolute atomic E-state index is 0.259. The standard InChI is InChI=1S/C21H35Cl3N4O6/c1-7-20(5,6)34-19(32)26-15(12(2)3)16(29)25-13(4)17(30)28-10-8-9-14(27-28)18(31)33-11-21(22,23)24/h12-15,27H,7-11H2,1-6H3,(H,25,29)(H,26,32)/t13-,14-,15?/m0/s1. The molecule has 3 amide bonds. The summed E-state index contributed by atoms with van der Waals surface area (Å²) < 4.78 is 8.60. The summed E-state index contributed by atoms with van der Waals surface area (Å²) in [6, 6.07) is -2.63. The van der Waals surface area contributed by atoms with Crippen molar-refractivity contribution in [2.45, 2.75) is 88.3 Å². The van der Waals surface area contributed by atoms with E-state index < -0.39 is 58.0 Å². The molecular weight excluding hydrogens is 511 g/mol. The largest absolute Gasteiger partial charge is 0.460 e. The number of esters is 1. The third kappa shape index (κ3) is 10.4. The van der Waals surface area contributed by atoms with Crippen molar-refractivity contribution in [3.05, 3.63) is 0 Å². The van der Waals surface area contributed by atoms with Gasteiger partial charge in [0.1, 0.15) is 30.3 Å². The molecule has 0 aromatic carbocycles. The number of nitrogens with zero attached hydrogens (tertiary/aromatic N) is 1. The van der Waals surface area contributed by atoms with Crippen LogP contribution in [0.4, 0.5) is 4.79 Å². The Morgan fingerprint density at radius 1 is 1.12 bits per heavy atom. The molecule has 0 aromatic rings. The van der Waals surface area contributed by atoms with E-state index in [1.165, 1.54) is 11.9 Å². The summed E-state index contributed by atoms with van der Waals surface area (Å²) in [6.07, 6.45) is 0.849. The van der Waals surface area contributed by atoms with Crippen LogP contribution in [0, 0.1) is 5.92 Å². The first kappa shape index (κ1) is 30.5. The van der Waals surface area contributed by atoms with Crippen LogP contribution in [0.1, 0.15) is 60.8 Å². The number of carbonyl (C=O) groups is 4. The highest BCUT2D eigenvalue weighted by molar-refractivity contribution is 6.67. The summed E-state index contributed by atoms with van der Waals surface area (Å²) in [6.45, 7) is 10.4. The van der Waals surface area contributed by atoms with Crippen molar-refractivity contribution in [1.29, 1.82) is 0 Å². The van der Waals surface area contributed by atoms with Crippen LogP contribution in [0.15, 0.2) is 0 Å². The fourth-order valence-electron chi connectivity index (χ4n) is 2.98. The molecule has 1 saturated heterocycles. The van der Waals surface area contributed by atoms with Crippen molar-refractivity contribution in [1.82, 2.24) is 21.1 Å². The zero-order valence-corrected chi connectivity index (χ0v) is 22.6. The Kier molecular flexibility index (Phi) is 11.7. The van der Waals surface area contributed by atoms with Crippen molar-refractivity contribution in [3.8, 4) is 0 Å². The minimum Gasteiger partial charge on any atom is -0.460 e. The molecule has 196 valence electrons. The molecule has 13 heteroatoms. The first-order chi connectivity index (χ1) is 15.6. The van der Waals surface area contributed by atoms with E-state index in [0.29, 0.717) is 25.8 Å². The maximum Gasteiger partial charge on any atom is 0.408 e. The number of alkyl halides is 3. The maximum absolute atomic E-state index is 12.9. The van der Waals surface area contributed by atoms with E-state index in [0.717, 1.165) is 0 Å². The third-order valence-electron chi connectivity index (χ3n) is 5.29. The van der Waals surface area contributed by atoms with E-state index >= 15 is 0 Å². The summed E-state index contributed by atoms with van der Waals surface area (Å²) in [5.41, 5.74) is 2.12. The average Bonchev–Trinajstić information content (AvgIpc) is 2.74. The summed E-state index contributed by atoms with van der Waals surface area (Å²) in [7, 11) is 0. The highest BCUT2D eigenvalue weighted by Gasteiger charge is 2.34. The minimum atomic E-state index is -1.74. The van der Waals surface area contributed by atoms with Crippen LogP contribution in [0.25, 0.3) is 0 Å². The molecule has 0 bridgehead atoms. The van der Waals surface area contributed by atoms with Crippen LogP contribution in [0.3, 0.4) is 0 Å². The van der Waals surface area contributed by atoms with Gasteiger partial charge in [-0.2, -0.15) is 0 Å². The van der Waals surface area contributed by atoms with E-state index in [4.69, 9.17) is 44.3 Å². The number of nitrogens with one attached hydrogen (secondary N) is 3. The van der Waals surface area contributed by atoms with E-state index in [-0.39, 0.29) is 5.92 Å². The topological polar surface area (TPSA) is 126 Å². The van der Waals surface area contributed by atoms with E-state index in [9.17, 15) is 19.2 Å². The van der Waals surface area contributed by atoms with E-state index in [1.54, 1.807) is 27.7 Å². The summed E-state index contributed by atoms with van der Waals surface area (Å²) >= 11 is 16.8. The number of alkyl carbamates (subject to hydrolysis) is 1. The Hall–Kier alpha value is -1.49. The highest BCUT2D eigenvalue weighted by Crippen LogP contribution is 2.26. The molecule has 1 unspecified atom stereocenters. The molecule has 1 aliphatic rings. The van der Waals surface area contributed by atoms with Gasteiger partial charge in [-0.3, -0.25) is 19.4 Å². The number of halogens is 3. The third-order valence-corrected chi connectivity index (χ3v) is 5.61. The smallest absolute Gasteiger partial charge is 0.408 e. The molecule has 3 atom stereocenters. The lowest BCUT2D eigenvalue weighted by molar-refractivity contribution is -0.152. The fraction of sp³-hybridized carbons (Fsp3) is 0.810. The van der Waals surface area contributed by atoms with Gasteiger partial charge in [0.2, 0.25) is 9.70 Å².